The second kappa shape index (κ2) is 6.61. The van der Waals surface area contributed by atoms with E-state index in [9.17, 15) is 14.4 Å². The average Bonchev–Trinajstić information content (AvgIpc) is 2.43. The Bertz CT molecular complexity index is 528. The first-order valence-electron chi connectivity index (χ1n) is 8.44. The molecule has 2 aliphatic heterocycles. The van der Waals surface area contributed by atoms with Gasteiger partial charge in [-0.15, -0.1) is 0 Å². The summed E-state index contributed by atoms with van der Waals surface area (Å²) in [6, 6.07) is -0.486. The maximum atomic E-state index is 12.8. The van der Waals surface area contributed by atoms with Gasteiger partial charge in [0.25, 0.3) is 0 Å². The van der Waals surface area contributed by atoms with Gasteiger partial charge in [0.15, 0.2) is 0 Å². The van der Waals surface area contributed by atoms with E-state index in [4.69, 9.17) is 9.47 Å². The number of carbonyl (C=O) groups is 3. The molecule has 7 nitrogen and oxygen atoms in total. The monoisotopic (exact) mass is 340 g/mol. The number of rotatable bonds is 2. The fourth-order valence-electron chi connectivity index (χ4n) is 3.23. The zero-order valence-corrected chi connectivity index (χ0v) is 15.3. The molecule has 0 aliphatic carbocycles. The predicted octanol–water partition coefficient (Wildman–Crippen LogP) is 1.80. The van der Waals surface area contributed by atoms with E-state index in [1.807, 2.05) is 6.92 Å². The van der Waals surface area contributed by atoms with Crippen LogP contribution in [0, 0.1) is 5.41 Å². The lowest BCUT2D eigenvalue weighted by atomic mass is 9.81. The summed E-state index contributed by atoms with van der Waals surface area (Å²) >= 11 is 0. The van der Waals surface area contributed by atoms with Crippen LogP contribution in [0.2, 0.25) is 0 Å². The third-order valence-electron chi connectivity index (χ3n) is 4.62. The standard InChI is InChI=1S/C17H28N2O5/c1-16(2,3)24-15(22)19-10-7-12(19)13(20)18-9-6-8-17(4,11-18)14(21)23-5/h12H,6-11H2,1-5H3/t12-,17?/m1/s1. The normalized spacial score (nSPS) is 27.3. The minimum Gasteiger partial charge on any atom is -0.469 e. The summed E-state index contributed by atoms with van der Waals surface area (Å²) in [6.07, 6.45) is 1.61. The van der Waals surface area contributed by atoms with Crippen molar-refractivity contribution in [2.75, 3.05) is 26.7 Å². The lowest BCUT2D eigenvalue weighted by molar-refractivity contribution is -0.159. The summed E-state index contributed by atoms with van der Waals surface area (Å²) in [5.74, 6) is -0.403. The second-order valence-electron chi connectivity index (χ2n) is 7.89. The molecule has 0 saturated carbocycles. The minimum atomic E-state index is -0.677. The zero-order valence-electron chi connectivity index (χ0n) is 15.3. The van der Waals surface area contributed by atoms with Crippen LogP contribution < -0.4 is 0 Å². The molecule has 2 rings (SSSR count). The molecule has 0 aromatic rings. The molecule has 0 aromatic heterocycles. The van der Waals surface area contributed by atoms with Crippen LogP contribution in [0.25, 0.3) is 0 Å². The van der Waals surface area contributed by atoms with Gasteiger partial charge in [-0.1, -0.05) is 0 Å². The molecule has 2 aliphatic rings. The molecule has 1 unspecified atom stereocenters. The predicted molar refractivity (Wildman–Crippen MR) is 87.3 cm³/mol. The molecule has 0 N–H and O–H groups in total. The number of methoxy groups -OCH3 is 1. The van der Waals surface area contributed by atoms with Gasteiger partial charge in [0.2, 0.25) is 5.91 Å². The highest BCUT2D eigenvalue weighted by atomic mass is 16.6. The molecule has 24 heavy (non-hydrogen) atoms. The molecular formula is C17H28N2O5. The summed E-state index contributed by atoms with van der Waals surface area (Å²) in [4.78, 5) is 40.1. The SMILES string of the molecule is COC(=O)C1(C)CCCN(C(=O)[C@H]2CCN2C(=O)OC(C)(C)C)C1. The Labute approximate surface area is 143 Å². The van der Waals surface area contributed by atoms with Crippen LogP contribution in [-0.4, -0.2) is 66.2 Å². The number of likely N-dealkylation sites (tertiary alicyclic amines) is 2. The van der Waals surface area contributed by atoms with Gasteiger partial charge in [-0.3, -0.25) is 14.5 Å². The third kappa shape index (κ3) is 3.82. The van der Waals surface area contributed by atoms with Crippen LogP contribution in [0.1, 0.15) is 47.0 Å². The van der Waals surface area contributed by atoms with Crippen molar-refractivity contribution in [1.29, 1.82) is 0 Å². The molecule has 0 spiro atoms. The van der Waals surface area contributed by atoms with Crippen molar-refractivity contribution in [2.45, 2.75) is 58.6 Å². The fourth-order valence-corrected chi connectivity index (χ4v) is 3.23. The van der Waals surface area contributed by atoms with Gasteiger partial charge >= 0.3 is 12.1 Å². The van der Waals surface area contributed by atoms with Crippen molar-refractivity contribution in [3.05, 3.63) is 0 Å². The average molecular weight is 340 g/mol. The van der Waals surface area contributed by atoms with E-state index in [1.54, 1.807) is 25.7 Å². The Balaban J connectivity index is 2.01. The van der Waals surface area contributed by atoms with Gasteiger partial charge in [0.1, 0.15) is 11.6 Å². The summed E-state index contributed by atoms with van der Waals surface area (Å²) in [5, 5.41) is 0. The highest BCUT2D eigenvalue weighted by Crippen LogP contribution is 2.32. The second-order valence-corrected chi connectivity index (χ2v) is 7.89. The molecule has 0 bridgehead atoms. The van der Waals surface area contributed by atoms with Gasteiger partial charge in [-0.2, -0.15) is 0 Å². The van der Waals surface area contributed by atoms with Gasteiger partial charge in [-0.25, -0.2) is 4.79 Å². The van der Waals surface area contributed by atoms with Crippen LogP contribution in [0.15, 0.2) is 0 Å². The Morgan fingerprint density at radius 2 is 1.83 bits per heavy atom. The Kier molecular flexibility index (Phi) is 5.11. The molecule has 2 saturated heterocycles. The van der Waals surface area contributed by atoms with Crippen molar-refractivity contribution < 1.29 is 23.9 Å². The first-order chi connectivity index (χ1) is 11.1. The van der Waals surface area contributed by atoms with Crippen molar-refractivity contribution in [3.63, 3.8) is 0 Å². The van der Waals surface area contributed by atoms with E-state index < -0.39 is 23.2 Å². The van der Waals surface area contributed by atoms with Gasteiger partial charge in [0, 0.05) is 19.6 Å². The van der Waals surface area contributed by atoms with Crippen LogP contribution in [0.3, 0.4) is 0 Å². The van der Waals surface area contributed by atoms with Crippen LogP contribution >= 0.6 is 0 Å². The van der Waals surface area contributed by atoms with Crippen molar-refractivity contribution in [3.8, 4) is 0 Å². The molecule has 7 heteroatoms. The quantitative estimate of drug-likeness (QED) is 0.717. The van der Waals surface area contributed by atoms with E-state index in [0.29, 0.717) is 32.5 Å². The van der Waals surface area contributed by atoms with Crippen molar-refractivity contribution >= 4 is 18.0 Å². The van der Waals surface area contributed by atoms with Crippen LogP contribution in [-0.2, 0) is 19.1 Å². The van der Waals surface area contributed by atoms with Crippen LogP contribution in [0.5, 0.6) is 0 Å². The number of ether oxygens (including phenoxy) is 2. The van der Waals surface area contributed by atoms with E-state index in [1.165, 1.54) is 12.0 Å². The van der Waals surface area contributed by atoms with E-state index in [-0.39, 0.29) is 11.9 Å². The van der Waals surface area contributed by atoms with E-state index in [0.717, 1.165) is 6.42 Å². The molecule has 0 radical (unpaired) electrons. The van der Waals surface area contributed by atoms with Crippen LogP contribution in [0.4, 0.5) is 4.79 Å². The first-order valence-corrected chi connectivity index (χ1v) is 8.44. The number of hydrogen-bond donors (Lipinski definition) is 0. The number of amides is 2. The van der Waals surface area contributed by atoms with E-state index >= 15 is 0 Å². The lowest BCUT2D eigenvalue weighted by Gasteiger charge is -2.45. The topological polar surface area (TPSA) is 76.2 Å². The van der Waals surface area contributed by atoms with Crippen molar-refractivity contribution in [2.24, 2.45) is 5.41 Å². The maximum Gasteiger partial charge on any atom is 0.410 e. The summed E-state index contributed by atoms with van der Waals surface area (Å²) in [7, 11) is 1.37. The van der Waals surface area contributed by atoms with Gasteiger partial charge in [0.05, 0.1) is 12.5 Å². The molecule has 136 valence electrons. The van der Waals surface area contributed by atoms with Gasteiger partial charge in [-0.05, 0) is 47.0 Å². The highest BCUT2D eigenvalue weighted by Gasteiger charge is 2.46. The van der Waals surface area contributed by atoms with E-state index in [2.05, 4.69) is 0 Å². The third-order valence-corrected chi connectivity index (χ3v) is 4.62. The Morgan fingerprint density at radius 1 is 1.17 bits per heavy atom. The summed E-state index contributed by atoms with van der Waals surface area (Å²) in [5.41, 5.74) is -1.27. The molecule has 0 aromatic carbocycles. The largest absolute Gasteiger partial charge is 0.469 e. The first kappa shape index (κ1) is 18.5. The maximum absolute atomic E-state index is 12.8. The number of carbonyl (C=O) groups excluding carboxylic acids is 3. The molecular weight excluding hydrogens is 312 g/mol. The van der Waals surface area contributed by atoms with Crippen molar-refractivity contribution in [1.82, 2.24) is 9.80 Å². The fraction of sp³-hybridized carbons (Fsp3) is 0.824. The number of nitrogens with zero attached hydrogens (tertiary/aromatic N) is 2. The lowest BCUT2D eigenvalue weighted by Crippen LogP contribution is -2.61. The molecule has 2 atom stereocenters. The molecule has 2 fully saturated rings. The summed E-state index contributed by atoms with van der Waals surface area (Å²) in [6.45, 7) is 8.68. The zero-order chi connectivity index (χ0) is 18.1. The summed E-state index contributed by atoms with van der Waals surface area (Å²) < 4.78 is 10.2. The smallest absolute Gasteiger partial charge is 0.410 e. The minimum absolute atomic E-state index is 0.109. The number of hydrogen-bond acceptors (Lipinski definition) is 5. The molecule has 2 amide bonds. The molecule has 2 heterocycles. The Hall–Kier alpha value is -1.79. The highest BCUT2D eigenvalue weighted by molar-refractivity contribution is 5.88. The van der Waals surface area contributed by atoms with Gasteiger partial charge < -0.3 is 14.4 Å². The number of piperidine rings is 1. The Morgan fingerprint density at radius 3 is 2.33 bits per heavy atom. The number of esters is 1.